The topological polar surface area (TPSA) is 40.5 Å². The van der Waals surface area contributed by atoms with Crippen molar-refractivity contribution in [1.82, 2.24) is 4.90 Å². The van der Waals surface area contributed by atoms with Crippen molar-refractivity contribution in [2.45, 2.75) is 19.4 Å². The second kappa shape index (κ2) is 5.15. The lowest BCUT2D eigenvalue weighted by atomic mass is 10.1. The molecular formula is C14H17NO2. The quantitative estimate of drug-likeness (QED) is 0.787. The average molecular weight is 231 g/mol. The van der Waals surface area contributed by atoms with Gasteiger partial charge in [-0.15, -0.1) is 0 Å². The van der Waals surface area contributed by atoms with Crippen molar-refractivity contribution < 1.29 is 9.90 Å². The largest absolute Gasteiger partial charge is 0.391 e. The summed E-state index contributed by atoms with van der Waals surface area (Å²) in [6, 6.07) is 9.78. The number of aliphatic hydroxyl groups excluding tert-OH is 1. The van der Waals surface area contributed by atoms with E-state index >= 15 is 0 Å². The Morgan fingerprint density at radius 3 is 2.71 bits per heavy atom. The minimum atomic E-state index is -0.358. The minimum absolute atomic E-state index is 0.0189. The van der Waals surface area contributed by atoms with E-state index in [9.17, 15) is 9.90 Å². The summed E-state index contributed by atoms with van der Waals surface area (Å²) in [6.45, 7) is 2.93. The van der Waals surface area contributed by atoms with Crippen LogP contribution in [0.4, 0.5) is 0 Å². The molecule has 2 rings (SSSR count). The molecule has 0 aliphatic carbocycles. The summed E-state index contributed by atoms with van der Waals surface area (Å²) in [4.78, 5) is 13.7. The fourth-order valence-corrected chi connectivity index (χ4v) is 2.04. The molecule has 1 heterocycles. The number of nitrogens with zero attached hydrogens (tertiary/aromatic N) is 1. The fraction of sp³-hybridized carbons (Fsp3) is 0.357. The zero-order chi connectivity index (χ0) is 12.3. The van der Waals surface area contributed by atoms with Crippen molar-refractivity contribution >= 4 is 12.0 Å². The molecule has 3 nitrogen and oxygen atoms in total. The number of hydrogen-bond acceptors (Lipinski definition) is 2. The van der Waals surface area contributed by atoms with E-state index in [1.165, 1.54) is 0 Å². The predicted molar refractivity (Wildman–Crippen MR) is 67.3 cm³/mol. The first-order valence-corrected chi connectivity index (χ1v) is 5.87. The van der Waals surface area contributed by atoms with Gasteiger partial charge in [-0.3, -0.25) is 4.79 Å². The molecule has 1 aliphatic heterocycles. The lowest BCUT2D eigenvalue weighted by Gasteiger charge is -2.15. The van der Waals surface area contributed by atoms with Gasteiger partial charge in [0, 0.05) is 18.7 Å². The summed E-state index contributed by atoms with van der Waals surface area (Å²) < 4.78 is 0. The number of β-amino-alcohol motifs (C(OH)–C–C–N with tert-alkyl or cyclic N) is 1. The Labute approximate surface area is 101 Å². The van der Waals surface area contributed by atoms with Crippen LogP contribution in [0.15, 0.2) is 35.9 Å². The van der Waals surface area contributed by atoms with E-state index in [1.54, 1.807) is 4.90 Å². The highest BCUT2D eigenvalue weighted by Crippen LogP contribution is 2.14. The van der Waals surface area contributed by atoms with Crippen LogP contribution in [0, 0.1) is 0 Å². The number of amides is 1. The maximum Gasteiger partial charge on any atom is 0.249 e. The molecule has 0 bridgehead atoms. The molecule has 1 saturated heterocycles. The molecule has 1 aromatic rings. The van der Waals surface area contributed by atoms with Gasteiger partial charge in [0.15, 0.2) is 0 Å². The van der Waals surface area contributed by atoms with Gasteiger partial charge in [-0.1, -0.05) is 30.3 Å². The predicted octanol–water partition coefficient (Wildman–Crippen LogP) is 1.68. The Morgan fingerprint density at radius 2 is 2.12 bits per heavy atom. The molecule has 1 atom stereocenters. The van der Waals surface area contributed by atoms with Crippen molar-refractivity contribution in [3.8, 4) is 0 Å². The molecule has 1 N–H and O–H groups in total. The SMILES string of the molecule is C/C(=C/c1ccccc1)C(=O)N1CC[C@@H](O)C1. The standard InChI is InChI=1S/C14H17NO2/c1-11(9-12-5-3-2-4-6-12)14(17)15-8-7-13(16)10-15/h2-6,9,13,16H,7-8,10H2,1H3/b11-9-/t13-/m1/s1. The van der Waals surface area contributed by atoms with Gasteiger partial charge >= 0.3 is 0 Å². The smallest absolute Gasteiger partial charge is 0.249 e. The number of rotatable bonds is 2. The number of hydrogen-bond donors (Lipinski definition) is 1. The van der Waals surface area contributed by atoms with Gasteiger partial charge in [0.05, 0.1) is 6.10 Å². The Morgan fingerprint density at radius 1 is 1.41 bits per heavy atom. The van der Waals surface area contributed by atoms with Gasteiger partial charge < -0.3 is 10.0 Å². The fourth-order valence-electron chi connectivity index (χ4n) is 2.04. The first-order valence-electron chi connectivity index (χ1n) is 5.87. The molecule has 3 heteroatoms. The van der Waals surface area contributed by atoms with Crippen LogP contribution in [-0.2, 0) is 4.79 Å². The third-order valence-corrected chi connectivity index (χ3v) is 2.97. The van der Waals surface area contributed by atoms with E-state index < -0.39 is 0 Å². The molecule has 0 aromatic heterocycles. The molecule has 0 spiro atoms. The first kappa shape index (κ1) is 11.9. The van der Waals surface area contributed by atoms with Gasteiger partial charge in [-0.25, -0.2) is 0 Å². The van der Waals surface area contributed by atoms with Crippen molar-refractivity contribution in [2.24, 2.45) is 0 Å². The lowest BCUT2D eigenvalue weighted by Crippen LogP contribution is -2.30. The van der Waals surface area contributed by atoms with E-state index in [4.69, 9.17) is 0 Å². The number of likely N-dealkylation sites (tertiary alicyclic amines) is 1. The van der Waals surface area contributed by atoms with Crippen LogP contribution >= 0.6 is 0 Å². The molecule has 1 aliphatic rings. The van der Waals surface area contributed by atoms with Gasteiger partial charge in [0.1, 0.15) is 0 Å². The summed E-state index contributed by atoms with van der Waals surface area (Å²) in [5.74, 6) is 0.0189. The van der Waals surface area contributed by atoms with E-state index in [0.717, 1.165) is 5.56 Å². The molecule has 0 radical (unpaired) electrons. The molecule has 0 saturated carbocycles. The van der Waals surface area contributed by atoms with Crippen LogP contribution in [-0.4, -0.2) is 35.1 Å². The van der Waals surface area contributed by atoms with E-state index in [-0.39, 0.29) is 12.0 Å². The Bertz CT molecular complexity index is 425. The molecule has 0 unspecified atom stereocenters. The van der Waals surface area contributed by atoms with Crippen LogP contribution in [0.3, 0.4) is 0 Å². The van der Waals surface area contributed by atoms with Crippen LogP contribution in [0.1, 0.15) is 18.9 Å². The van der Waals surface area contributed by atoms with Crippen LogP contribution in [0.25, 0.3) is 6.08 Å². The Hall–Kier alpha value is -1.61. The highest BCUT2D eigenvalue weighted by atomic mass is 16.3. The monoisotopic (exact) mass is 231 g/mol. The maximum absolute atomic E-state index is 12.0. The molecule has 90 valence electrons. The molecule has 1 amide bonds. The summed E-state index contributed by atoms with van der Waals surface area (Å²) >= 11 is 0. The van der Waals surface area contributed by atoms with E-state index in [0.29, 0.717) is 25.1 Å². The van der Waals surface area contributed by atoms with Gasteiger partial charge in [0.25, 0.3) is 0 Å². The lowest BCUT2D eigenvalue weighted by molar-refractivity contribution is -0.126. The van der Waals surface area contributed by atoms with Crippen LogP contribution in [0.2, 0.25) is 0 Å². The zero-order valence-corrected chi connectivity index (χ0v) is 9.97. The van der Waals surface area contributed by atoms with Crippen molar-refractivity contribution in [3.05, 3.63) is 41.5 Å². The molecule has 17 heavy (non-hydrogen) atoms. The normalized spacial score (nSPS) is 20.7. The van der Waals surface area contributed by atoms with Crippen molar-refractivity contribution in [3.63, 3.8) is 0 Å². The highest BCUT2D eigenvalue weighted by Gasteiger charge is 2.24. The second-order valence-corrected chi connectivity index (χ2v) is 4.43. The number of carbonyl (C=O) groups is 1. The first-order chi connectivity index (χ1) is 8.16. The maximum atomic E-state index is 12.0. The molecule has 1 aromatic carbocycles. The van der Waals surface area contributed by atoms with Crippen LogP contribution < -0.4 is 0 Å². The average Bonchev–Trinajstić information content (AvgIpc) is 2.76. The summed E-state index contributed by atoms with van der Waals surface area (Å²) in [5.41, 5.74) is 1.74. The van der Waals surface area contributed by atoms with Gasteiger partial charge in [0.2, 0.25) is 5.91 Å². The summed E-state index contributed by atoms with van der Waals surface area (Å²) in [6.07, 6.45) is 2.21. The van der Waals surface area contributed by atoms with Gasteiger partial charge in [-0.05, 0) is 25.0 Å². The van der Waals surface area contributed by atoms with Gasteiger partial charge in [-0.2, -0.15) is 0 Å². The Balaban J connectivity index is 2.07. The van der Waals surface area contributed by atoms with Crippen LogP contribution in [0.5, 0.6) is 0 Å². The van der Waals surface area contributed by atoms with Crippen molar-refractivity contribution in [1.29, 1.82) is 0 Å². The number of carbonyl (C=O) groups excluding carboxylic acids is 1. The summed E-state index contributed by atoms with van der Waals surface area (Å²) in [5, 5.41) is 9.41. The number of benzene rings is 1. The zero-order valence-electron chi connectivity index (χ0n) is 9.97. The van der Waals surface area contributed by atoms with E-state index in [2.05, 4.69) is 0 Å². The third-order valence-electron chi connectivity index (χ3n) is 2.97. The summed E-state index contributed by atoms with van der Waals surface area (Å²) in [7, 11) is 0. The van der Waals surface area contributed by atoms with Crippen molar-refractivity contribution in [2.75, 3.05) is 13.1 Å². The Kier molecular flexibility index (Phi) is 3.59. The minimum Gasteiger partial charge on any atom is -0.391 e. The number of aliphatic hydroxyl groups is 1. The molecular weight excluding hydrogens is 214 g/mol. The second-order valence-electron chi connectivity index (χ2n) is 4.43. The third kappa shape index (κ3) is 2.94. The van der Waals surface area contributed by atoms with E-state index in [1.807, 2.05) is 43.3 Å². The highest BCUT2D eigenvalue weighted by molar-refractivity contribution is 5.97. The molecule has 1 fully saturated rings.